The second kappa shape index (κ2) is 5.65. The minimum Gasteiger partial charge on any atom is -0.493 e. The standard InChI is InChI=1S/C13H12N6O3S/c1-3-8(22-2)9-17-10-6(4-15-13(14)19(10)18-9)11-16-7(5-23-11)12(20)21/h3-5H,1-2H3,(H2,14,15)(H,20,21)/b8-3-. The van der Waals surface area contributed by atoms with Crippen molar-refractivity contribution in [3.8, 4) is 10.6 Å². The summed E-state index contributed by atoms with van der Waals surface area (Å²) in [7, 11) is 1.52. The van der Waals surface area contributed by atoms with Crippen LogP contribution in [0.5, 0.6) is 0 Å². The highest BCUT2D eigenvalue weighted by molar-refractivity contribution is 7.13. The highest BCUT2D eigenvalue weighted by Crippen LogP contribution is 2.28. The maximum atomic E-state index is 11.0. The van der Waals surface area contributed by atoms with Crippen LogP contribution in [0.1, 0.15) is 23.2 Å². The lowest BCUT2D eigenvalue weighted by atomic mass is 10.3. The number of carboxylic acids is 1. The summed E-state index contributed by atoms with van der Waals surface area (Å²) < 4.78 is 6.58. The van der Waals surface area contributed by atoms with Gasteiger partial charge in [-0.15, -0.1) is 16.4 Å². The third-order valence-electron chi connectivity index (χ3n) is 3.05. The Bertz CT molecular complexity index is 929. The highest BCUT2D eigenvalue weighted by atomic mass is 32.1. The number of methoxy groups -OCH3 is 1. The summed E-state index contributed by atoms with van der Waals surface area (Å²) in [6.45, 7) is 1.80. The molecule has 23 heavy (non-hydrogen) atoms. The fraction of sp³-hybridized carbons (Fsp3) is 0.154. The van der Waals surface area contributed by atoms with Gasteiger partial charge in [0.05, 0.1) is 12.7 Å². The SMILES string of the molecule is C/C=C(\OC)c1nc2c(-c3nc(C(=O)O)cs3)cnc(N)n2n1. The van der Waals surface area contributed by atoms with E-state index in [1.54, 1.807) is 13.0 Å². The van der Waals surface area contributed by atoms with Gasteiger partial charge in [-0.1, -0.05) is 0 Å². The van der Waals surface area contributed by atoms with Crippen molar-refractivity contribution in [1.29, 1.82) is 0 Å². The van der Waals surface area contributed by atoms with Gasteiger partial charge in [-0.25, -0.2) is 19.7 Å². The van der Waals surface area contributed by atoms with Crippen molar-refractivity contribution in [2.75, 3.05) is 12.8 Å². The van der Waals surface area contributed by atoms with Gasteiger partial charge < -0.3 is 15.6 Å². The number of fused-ring (bicyclic) bond motifs is 1. The lowest BCUT2D eigenvalue weighted by molar-refractivity contribution is 0.0691. The number of carboxylic acid groups (broad SMARTS) is 1. The molecule has 0 bridgehead atoms. The second-order valence-corrected chi connectivity index (χ2v) is 5.26. The van der Waals surface area contributed by atoms with Crippen LogP contribution in [-0.2, 0) is 4.74 Å². The Morgan fingerprint density at radius 1 is 1.48 bits per heavy atom. The molecule has 0 saturated heterocycles. The third kappa shape index (κ3) is 2.48. The summed E-state index contributed by atoms with van der Waals surface area (Å²) in [5.74, 6) is -0.0934. The summed E-state index contributed by atoms with van der Waals surface area (Å²) in [5.41, 5.74) is 6.76. The van der Waals surface area contributed by atoms with Crippen molar-refractivity contribution in [1.82, 2.24) is 24.6 Å². The number of allylic oxidation sites excluding steroid dienone is 1. The average Bonchev–Trinajstić information content (AvgIpc) is 3.16. The number of anilines is 1. The minimum absolute atomic E-state index is 0.0363. The lowest BCUT2D eigenvalue weighted by Gasteiger charge is -2.00. The van der Waals surface area contributed by atoms with Crippen LogP contribution in [0.3, 0.4) is 0 Å². The zero-order chi connectivity index (χ0) is 16.6. The number of hydrogen-bond acceptors (Lipinski definition) is 8. The van der Waals surface area contributed by atoms with Crippen molar-refractivity contribution in [3.05, 3.63) is 29.2 Å². The van der Waals surface area contributed by atoms with E-state index in [2.05, 4.69) is 20.1 Å². The Labute approximate surface area is 134 Å². The first-order valence-electron chi connectivity index (χ1n) is 6.46. The van der Waals surface area contributed by atoms with Gasteiger partial charge in [0.25, 0.3) is 0 Å². The number of nitrogen functional groups attached to an aromatic ring is 1. The van der Waals surface area contributed by atoms with Crippen molar-refractivity contribution < 1.29 is 14.6 Å². The maximum Gasteiger partial charge on any atom is 0.355 e. The Balaban J connectivity index is 2.21. The number of aromatic nitrogens is 5. The number of nitrogens with zero attached hydrogens (tertiary/aromatic N) is 5. The van der Waals surface area contributed by atoms with Crippen molar-refractivity contribution in [3.63, 3.8) is 0 Å². The molecular formula is C13H12N6O3S. The first kappa shape index (κ1) is 14.9. The Kier molecular flexibility index (Phi) is 3.66. The number of hydrogen-bond donors (Lipinski definition) is 2. The van der Waals surface area contributed by atoms with E-state index in [0.29, 0.717) is 27.8 Å². The zero-order valence-corrected chi connectivity index (χ0v) is 13.0. The predicted octanol–water partition coefficient (Wildman–Crippen LogP) is 1.54. The number of thiazole rings is 1. The predicted molar refractivity (Wildman–Crippen MR) is 83.9 cm³/mol. The van der Waals surface area contributed by atoms with Gasteiger partial charge in [0.2, 0.25) is 11.8 Å². The zero-order valence-electron chi connectivity index (χ0n) is 12.2. The molecule has 0 saturated carbocycles. The van der Waals surface area contributed by atoms with Gasteiger partial charge in [-0.3, -0.25) is 0 Å². The van der Waals surface area contributed by atoms with E-state index in [1.165, 1.54) is 34.5 Å². The van der Waals surface area contributed by atoms with Gasteiger partial charge >= 0.3 is 5.97 Å². The molecule has 0 spiro atoms. The topological polar surface area (TPSA) is 129 Å². The van der Waals surface area contributed by atoms with Crippen molar-refractivity contribution >= 4 is 34.7 Å². The van der Waals surface area contributed by atoms with E-state index in [1.807, 2.05) is 0 Å². The molecular weight excluding hydrogens is 320 g/mol. The van der Waals surface area contributed by atoms with Crippen LogP contribution in [0.15, 0.2) is 17.7 Å². The van der Waals surface area contributed by atoms with Crippen LogP contribution < -0.4 is 5.73 Å². The second-order valence-electron chi connectivity index (χ2n) is 4.40. The number of rotatable bonds is 4. The molecule has 3 aromatic rings. The van der Waals surface area contributed by atoms with Crippen LogP contribution in [-0.4, -0.2) is 42.8 Å². The molecule has 10 heteroatoms. The third-order valence-corrected chi connectivity index (χ3v) is 3.92. The van der Waals surface area contributed by atoms with Crippen LogP contribution in [0.25, 0.3) is 22.0 Å². The number of ether oxygens (including phenoxy) is 1. The van der Waals surface area contributed by atoms with Crippen LogP contribution >= 0.6 is 11.3 Å². The Hall–Kier alpha value is -3.01. The molecule has 0 aliphatic carbocycles. The molecule has 3 heterocycles. The van der Waals surface area contributed by atoms with Crippen molar-refractivity contribution in [2.24, 2.45) is 0 Å². The summed E-state index contributed by atoms with van der Waals surface area (Å²) in [5, 5.41) is 15.2. The monoisotopic (exact) mass is 332 g/mol. The van der Waals surface area contributed by atoms with E-state index in [9.17, 15) is 4.79 Å². The van der Waals surface area contributed by atoms with Crippen LogP contribution in [0.4, 0.5) is 5.95 Å². The van der Waals surface area contributed by atoms with E-state index >= 15 is 0 Å². The molecule has 0 aromatic carbocycles. The summed E-state index contributed by atoms with van der Waals surface area (Å²) in [6, 6.07) is 0. The molecule has 0 aliphatic heterocycles. The molecule has 0 amide bonds. The Morgan fingerprint density at radius 3 is 2.87 bits per heavy atom. The Morgan fingerprint density at radius 2 is 2.26 bits per heavy atom. The smallest absolute Gasteiger partial charge is 0.355 e. The van der Waals surface area contributed by atoms with Gasteiger partial charge in [-0.2, -0.15) is 4.52 Å². The summed E-state index contributed by atoms with van der Waals surface area (Å²) in [6.07, 6.45) is 3.22. The number of nitrogens with two attached hydrogens (primary N) is 1. The fourth-order valence-electron chi connectivity index (χ4n) is 1.98. The van der Waals surface area contributed by atoms with E-state index in [0.717, 1.165) is 0 Å². The number of carbonyl (C=O) groups is 1. The van der Waals surface area contributed by atoms with E-state index in [-0.39, 0.29) is 11.6 Å². The molecule has 3 N–H and O–H groups in total. The quantitative estimate of drug-likeness (QED) is 0.688. The normalized spacial score (nSPS) is 11.8. The molecule has 3 aromatic heterocycles. The summed E-state index contributed by atoms with van der Waals surface area (Å²) in [4.78, 5) is 23.5. The highest BCUT2D eigenvalue weighted by Gasteiger charge is 2.18. The largest absolute Gasteiger partial charge is 0.493 e. The lowest BCUT2D eigenvalue weighted by Crippen LogP contribution is -2.03. The summed E-state index contributed by atoms with van der Waals surface area (Å²) >= 11 is 1.18. The van der Waals surface area contributed by atoms with Gasteiger partial charge in [-0.05, 0) is 13.0 Å². The van der Waals surface area contributed by atoms with Gasteiger partial charge in [0.1, 0.15) is 5.01 Å². The molecule has 0 radical (unpaired) electrons. The molecule has 9 nitrogen and oxygen atoms in total. The first-order chi connectivity index (χ1) is 11.0. The minimum atomic E-state index is -1.09. The average molecular weight is 332 g/mol. The van der Waals surface area contributed by atoms with Gasteiger partial charge in [0.15, 0.2) is 17.1 Å². The van der Waals surface area contributed by atoms with Crippen molar-refractivity contribution in [2.45, 2.75) is 6.92 Å². The van der Waals surface area contributed by atoms with E-state index in [4.69, 9.17) is 15.6 Å². The van der Waals surface area contributed by atoms with Gasteiger partial charge in [0, 0.05) is 11.6 Å². The maximum absolute atomic E-state index is 11.0. The molecule has 118 valence electrons. The molecule has 0 aliphatic rings. The molecule has 3 rings (SSSR count). The first-order valence-corrected chi connectivity index (χ1v) is 7.34. The van der Waals surface area contributed by atoms with Crippen LogP contribution in [0, 0.1) is 0 Å². The molecule has 0 unspecified atom stereocenters. The molecule has 0 fully saturated rings. The number of aromatic carboxylic acids is 1. The fourth-order valence-corrected chi connectivity index (χ4v) is 2.78. The van der Waals surface area contributed by atoms with Crippen LogP contribution in [0.2, 0.25) is 0 Å². The van der Waals surface area contributed by atoms with E-state index < -0.39 is 5.97 Å². The molecule has 0 atom stereocenters.